The minimum absolute atomic E-state index is 0.00110. The van der Waals surface area contributed by atoms with Crippen LogP contribution in [0.2, 0.25) is 5.02 Å². The Morgan fingerprint density at radius 1 is 1.36 bits per heavy atom. The number of hydrogen-bond donors (Lipinski definition) is 0. The summed E-state index contributed by atoms with van der Waals surface area (Å²) in [6, 6.07) is 3.89. The van der Waals surface area contributed by atoms with Gasteiger partial charge in [0.1, 0.15) is 12.4 Å². The molecular formula is C14H14ClNO5S. The largest absolute Gasteiger partial charge is 0.457 e. The first-order chi connectivity index (χ1) is 10.2. The van der Waals surface area contributed by atoms with E-state index in [1.165, 1.54) is 18.2 Å². The smallest absolute Gasteiger partial charge is 0.340 e. The summed E-state index contributed by atoms with van der Waals surface area (Å²) in [6.45, 7) is 3.41. The molecular weight excluding hydrogens is 330 g/mol. The van der Waals surface area contributed by atoms with Crippen molar-refractivity contribution in [2.75, 3.05) is 6.26 Å². The molecule has 22 heavy (non-hydrogen) atoms. The second-order valence-corrected chi connectivity index (χ2v) is 7.22. The first kappa shape index (κ1) is 16.5. The monoisotopic (exact) mass is 343 g/mol. The van der Waals surface area contributed by atoms with Crippen LogP contribution in [-0.2, 0) is 21.2 Å². The lowest BCUT2D eigenvalue weighted by Gasteiger charge is -2.07. The fraction of sp³-hybridized carbons (Fsp3) is 0.286. The molecule has 0 spiro atoms. The van der Waals surface area contributed by atoms with Crippen molar-refractivity contribution < 1.29 is 22.5 Å². The Morgan fingerprint density at radius 3 is 2.59 bits per heavy atom. The van der Waals surface area contributed by atoms with Crippen LogP contribution in [0.5, 0.6) is 0 Å². The van der Waals surface area contributed by atoms with Crippen LogP contribution in [0.25, 0.3) is 0 Å². The number of halogens is 1. The Hall–Kier alpha value is -1.86. The fourth-order valence-electron chi connectivity index (χ4n) is 1.81. The second-order valence-electron chi connectivity index (χ2n) is 4.79. The third kappa shape index (κ3) is 3.48. The minimum atomic E-state index is -3.44. The van der Waals surface area contributed by atoms with Crippen molar-refractivity contribution in [3.63, 3.8) is 0 Å². The number of carbonyl (C=O) groups excluding carboxylic acids is 1. The maximum absolute atomic E-state index is 12.1. The lowest BCUT2D eigenvalue weighted by molar-refractivity contribution is 0.0471. The number of sulfone groups is 1. The van der Waals surface area contributed by atoms with E-state index in [-0.39, 0.29) is 22.1 Å². The molecule has 0 fully saturated rings. The van der Waals surface area contributed by atoms with Gasteiger partial charge in [0.15, 0.2) is 9.84 Å². The molecule has 0 N–H and O–H groups in total. The van der Waals surface area contributed by atoms with Crippen molar-refractivity contribution in [1.82, 2.24) is 5.16 Å². The Labute approximate surface area is 132 Å². The number of carbonyl (C=O) groups is 1. The summed E-state index contributed by atoms with van der Waals surface area (Å²) in [6.07, 6.45) is 1.05. The van der Waals surface area contributed by atoms with Gasteiger partial charge in [-0.05, 0) is 32.0 Å². The van der Waals surface area contributed by atoms with Crippen molar-refractivity contribution in [2.24, 2.45) is 0 Å². The zero-order valence-corrected chi connectivity index (χ0v) is 13.8. The predicted molar refractivity (Wildman–Crippen MR) is 79.7 cm³/mol. The molecule has 0 aliphatic heterocycles. The van der Waals surface area contributed by atoms with Crippen LogP contribution in [0.4, 0.5) is 0 Å². The summed E-state index contributed by atoms with van der Waals surface area (Å²) in [4.78, 5) is 12.1. The van der Waals surface area contributed by atoms with Gasteiger partial charge in [0.2, 0.25) is 0 Å². The predicted octanol–water partition coefficient (Wildman–Crippen LogP) is 2.71. The van der Waals surface area contributed by atoms with E-state index in [9.17, 15) is 13.2 Å². The summed E-state index contributed by atoms with van der Waals surface area (Å²) in [7, 11) is -3.44. The molecule has 2 aromatic rings. The quantitative estimate of drug-likeness (QED) is 0.793. The Morgan fingerprint density at radius 2 is 2.05 bits per heavy atom. The van der Waals surface area contributed by atoms with Gasteiger partial charge in [-0.3, -0.25) is 0 Å². The van der Waals surface area contributed by atoms with Crippen LogP contribution in [-0.4, -0.2) is 25.8 Å². The van der Waals surface area contributed by atoms with Gasteiger partial charge in [0, 0.05) is 6.26 Å². The second kappa shape index (κ2) is 6.10. The molecule has 0 radical (unpaired) electrons. The summed E-state index contributed by atoms with van der Waals surface area (Å²) in [5, 5.41) is 3.88. The molecule has 0 saturated carbocycles. The minimum Gasteiger partial charge on any atom is -0.457 e. The number of esters is 1. The van der Waals surface area contributed by atoms with E-state index < -0.39 is 15.8 Å². The molecule has 0 unspecified atom stereocenters. The first-order valence-corrected chi connectivity index (χ1v) is 8.55. The molecule has 118 valence electrons. The van der Waals surface area contributed by atoms with Crippen LogP contribution in [0.3, 0.4) is 0 Å². The Balaban J connectivity index is 2.23. The highest BCUT2D eigenvalue weighted by Crippen LogP contribution is 2.22. The van der Waals surface area contributed by atoms with Crippen molar-refractivity contribution in [3.8, 4) is 0 Å². The first-order valence-electron chi connectivity index (χ1n) is 6.28. The van der Waals surface area contributed by atoms with Crippen molar-refractivity contribution in [2.45, 2.75) is 25.3 Å². The van der Waals surface area contributed by atoms with Crippen LogP contribution in [0.15, 0.2) is 27.6 Å². The molecule has 0 aliphatic carbocycles. The third-order valence-electron chi connectivity index (χ3n) is 3.11. The maximum Gasteiger partial charge on any atom is 0.340 e. The number of rotatable bonds is 4. The van der Waals surface area contributed by atoms with Crippen LogP contribution < -0.4 is 0 Å². The van der Waals surface area contributed by atoms with Crippen molar-refractivity contribution in [3.05, 3.63) is 45.8 Å². The van der Waals surface area contributed by atoms with Gasteiger partial charge in [0.05, 0.1) is 26.7 Å². The molecule has 2 rings (SSSR count). The van der Waals surface area contributed by atoms with E-state index in [1.54, 1.807) is 13.8 Å². The van der Waals surface area contributed by atoms with E-state index >= 15 is 0 Å². The molecule has 0 amide bonds. The van der Waals surface area contributed by atoms with Crippen LogP contribution in [0.1, 0.15) is 27.4 Å². The van der Waals surface area contributed by atoms with E-state index in [0.717, 1.165) is 6.26 Å². The number of nitrogens with zero attached hydrogens (tertiary/aromatic N) is 1. The third-order valence-corrected chi connectivity index (χ3v) is 4.55. The van der Waals surface area contributed by atoms with Gasteiger partial charge in [-0.15, -0.1) is 0 Å². The number of aromatic nitrogens is 1. The topological polar surface area (TPSA) is 86.5 Å². The van der Waals surface area contributed by atoms with E-state index in [4.69, 9.17) is 20.9 Å². The lowest BCUT2D eigenvalue weighted by Crippen LogP contribution is -2.08. The number of aryl methyl sites for hydroxylation is 2. The number of ether oxygens (including phenoxy) is 1. The van der Waals surface area contributed by atoms with Gasteiger partial charge in [0.25, 0.3) is 0 Å². The van der Waals surface area contributed by atoms with Gasteiger partial charge >= 0.3 is 5.97 Å². The molecule has 6 nitrogen and oxygen atoms in total. The maximum atomic E-state index is 12.1. The number of hydrogen-bond acceptors (Lipinski definition) is 6. The average Bonchev–Trinajstić information content (AvgIpc) is 2.74. The molecule has 1 aromatic heterocycles. The van der Waals surface area contributed by atoms with E-state index in [2.05, 4.69) is 5.16 Å². The molecule has 0 saturated heterocycles. The molecule has 0 bridgehead atoms. The SMILES string of the molecule is Cc1noc(C)c1COC(=O)c1cc(S(C)(=O)=O)ccc1Cl. The lowest BCUT2D eigenvalue weighted by atomic mass is 10.2. The molecule has 8 heteroatoms. The van der Waals surface area contributed by atoms with E-state index in [1.807, 2.05) is 0 Å². The van der Waals surface area contributed by atoms with Crippen molar-refractivity contribution >= 4 is 27.4 Å². The van der Waals surface area contributed by atoms with E-state index in [0.29, 0.717) is 17.0 Å². The molecule has 0 aliphatic rings. The number of benzene rings is 1. The van der Waals surface area contributed by atoms with Gasteiger partial charge in [-0.2, -0.15) is 0 Å². The zero-order chi connectivity index (χ0) is 16.5. The highest BCUT2D eigenvalue weighted by atomic mass is 35.5. The summed E-state index contributed by atoms with van der Waals surface area (Å²) >= 11 is 5.94. The highest BCUT2D eigenvalue weighted by Gasteiger charge is 2.18. The molecule has 1 heterocycles. The van der Waals surface area contributed by atoms with Crippen LogP contribution in [0, 0.1) is 13.8 Å². The Bertz CT molecular complexity index is 806. The van der Waals surface area contributed by atoms with Gasteiger partial charge in [-0.1, -0.05) is 16.8 Å². The molecule has 0 atom stereocenters. The average molecular weight is 344 g/mol. The normalized spacial score (nSPS) is 11.5. The Kier molecular flexibility index (Phi) is 4.58. The standard InChI is InChI=1S/C14H14ClNO5S/c1-8-12(9(2)21-16-8)7-20-14(17)11-6-10(22(3,18)19)4-5-13(11)15/h4-6H,7H2,1-3H3. The molecule has 1 aromatic carbocycles. The summed E-state index contributed by atoms with van der Waals surface area (Å²) in [5.41, 5.74) is 1.29. The van der Waals surface area contributed by atoms with Gasteiger partial charge in [-0.25, -0.2) is 13.2 Å². The zero-order valence-electron chi connectivity index (χ0n) is 12.2. The summed E-state index contributed by atoms with van der Waals surface area (Å²) < 4.78 is 33.2. The van der Waals surface area contributed by atoms with Crippen LogP contribution >= 0.6 is 11.6 Å². The van der Waals surface area contributed by atoms with Gasteiger partial charge < -0.3 is 9.26 Å². The summed E-state index contributed by atoms with van der Waals surface area (Å²) in [5.74, 6) is -0.156. The van der Waals surface area contributed by atoms with Crippen molar-refractivity contribution in [1.29, 1.82) is 0 Å². The fourth-order valence-corrected chi connectivity index (χ4v) is 2.66. The highest BCUT2D eigenvalue weighted by molar-refractivity contribution is 7.90.